The summed E-state index contributed by atoms with van der Waals surface area (Å²) in [6.07, 6.45) is 4.05. The van der Waals surface area contributed by atoms with Crippen molar-refractivity contribution in [3.63, 3.8) is 0 Å². The van der Waals surface area contributed by atoms with E-state index in [4.69, 9.17) is 21.3 Å². The van der Waals surface area contributed by atoms with Gasteiger partial charge < -0.3 is 19.9 Å². The van der Waals surface area contributed by atoms with Crippen LogP contribution in [0, 0.1) is 11.3 Å². The van der Waals surface area contributed by atoms with Gasteiger partial charge in [0.1, 0.15) is 18.4 Å². The molecule has 2 N–H and O–H groups in total. The highest BCUT2D eigenvalue weighted by molar-refractivity contribution is 6.30. The molecule has 0 radical (unpaired) electrons. The molecule has 65 heavy (non-hydrogen) atoms. The average Bonchev–Trinajstić information content (AvgIpc) is 3.56. The monoisotopic (exact) mass is 898 g/mol. The van der Waals surface area contributed by atoms with Gasteiger partial charge in [-0.15, -0.1) is 0 Å². The highest BCUT2D eigenvalue weighted by Crippen LogP contribution is 2.35. The second-order valence-electron chi connectivity index (χ2n) is 17.9. The smallest absolute Gasteiger partial charge is 0.264 e. The standard InChI is InChI=1S/C48H51ClN10O6/c1-48(2,32-22-30(25-50)23-33(49)24-32)31-6-8-37(9-7-31)65-29-34-12-15-51-47(53-34)57-20-18-56(19-21-57)35-13-16-55(17-14-35)36-27-58(28-36)42(61)26-52-39-5-3-4-38-43(39)46(64)59(45(38)63)40-10-11-41(60)54-44(40)62/h3-9,12,15,22-24,35-36,40,52H,10-11,13-14,16-21,26-29H2,1-2H3,(H,54,60,62). The molecule has 336 valence electrons. The van der Waals surface area contributed by atoms with E-state index in [-0.39, 0.29) is 41.8 Å². The van der Waals surface area contributed by atoms with Crippen molar-refractivity contribution in [1.29, 1.82) is 5.26 Å². The maximum Gasteiger partial charge on any atom is 0.264 e. The first-order chi connectivity index (χ1) is 31.4. The number of aromatic nitrogens is 2. The number of carbonyl (C=O) groups is 5. The first kappa shape index (κ1) is 43.8. The van der Waals surface area contributed by atoms with Gasteiger partial charge in [-0.3, -0.25) is 44.0 Å². The molecule has 4 fully saturated rings. The lowest BCUT2D eigenvalue weighted by Gasteiger charge is -2.49. The van der Waals surface area contributed by atoms with Crippen LogP contribution in [-0.4, -0.2) is 136 Å². The summed E-state index contributed by atoms with van der Waals surface area (Å²) in [5, 5.41) is 15.2. The van der Waals surface area contributed by atoms with E-state index in [2.05, 4.69) is 50.2 Å². The van der Waals surface area contributed by atoms with Gasteiger partial charge in [-0.1, -0.05) is 43.6 Å². The highest BCUT2D eigenvalue weighted by Gasteiger charge is 2.46. The van der Waals surface area contributed by atoms with Crippen molar-refractivity contribution < 1.29 is 28.7 Å². The first-order valence-corrected chi connectivity index (χ1v) is 22.6. The number of nitrogens with one attached hydrogen (secondary N) is 2. The summed E-state index contributed by atoms with van der Waals surface area (Å²) >= 11 is 6.31. The van der Waals surface area contributed by atoms with E-state index in [9.17, 15) is 29.2 Å². The molecule has 0 saturated carbocycles. The number of hydrogen-bond acceptors (Lipinski definition) is 13. The van der Waals surface area contributed by atoms with Crippen LogP contribution in [0.2, 0.25) is 5.02 Å². The Morgan fingerprint density at radius 2 is 1.63 bits per heavy atom. The van der Waals surface area contributed by atoms with Crippen LogP contribution >= 0.6 is 11.6 Å². The topological polar surface area (TPSA) is 184 Å². The molecule has 5 aliphatic heterocycles. The van der Waals surface area contributed by atoms with Crippen LogP contribution in [0.4, 0.5) is 11.6 Å². The van der Waals surface area contributed by atoms with Crippen LogP contribution < -0.4 is 20.3 Å². The number of imide groups is 2. The number of nitrogens with zero attached hydrogens (tertiary/aromatic N) is 8. The van der Waals surface area contributed by atoms with Crippen molar-refractivity contribution in [3.8, 4) is 11.8 Å². The van der Waals surface area contributed by atoms with Gasteiger partial charge in [-0.2, -0.15) is 5.26 Å². The van der Waals surface area contributed by atoms with Crippen LogP contribution in [0.15, 0.2) is 72.9 Å². The summed E-state index contributed by atoms with van der Waals surface area (Å²) in [5.41, 5.74) is 3.69. The van der Waals surface area contributed by atoms with Crippen LogP contribution in [0.3, 0.4) is 0 Å². The molecule has 1 unspecified atom stereocenters. The molecule has 9 rings (SSSR count). The third kappa shape index (κ3) is 9.00. The number of ether oxygens (including phenoxy) is 1. The van der Waals surface area contributed by atoms with Crippen LogP contribution in [0.5, 0.6) is 5.75 Å². The summed E-state index contributed by atoms with van der Waals surface area (Å²) in [5.74, 6) is -0.937. The second-order valence-corrected chi connectivity index (χ2v) is 18.3. The molecule has 4 aromatic rings. The van der Waals surface area contributed by atoms with Crippen molar-refractivity contribution in [2.24, 2.45) is 0 Å². The van der Waals surface area contributed by atoms with Gasteiger partial charge in [0.05, 0.1) is 35.0 Å². The zero-order valence-electron chi connectivity index (χ0n) is 36.5. The lowest BCUT2D eigenvalue weighted by molar-refractivity contribution is -0.137. The minimum absolute atomic E-state index is 0.0343. The molecule has 17 heteroatoms. The second kappa shape index (κ2) is 18.2. The zero-order chi connectivity index (χ0) is 45.4. The van der Waals surface area contributed by atoms with Gasteiger partial charge in [0, 0.05) is 93.2 Å². The molecule has 6 heterocycles. The maximum absolute atomic E-state index is 13.4. The number of halogens is 1. The molecule has 0 aliphatic carbocycles. The van der Waals surface area contributed by atoms with E-state index in [1.54, 1.807) is 24.4 Å². The third-order valence-electron chi connectivity index (χ3n) is 13.7. The molecule has 0 bridgehead atoms. The van der Waals surface area contributed by atoms with Crippen molar-refractivity contribution in [3.05, 3.63) is 111 Å². The SMILES string of the molecule is CC(C)(c1ccc(OCc2ccnc(N3CCN(C4CCN(C5CN(C(=O)CNc6cccc7c6C(=O)N(C6CCC(=O)NC6=O)C7=O)C5)CC4)CC3)n2)cc1)c1cc(Cl)cc(C#N)c1. The van der Waals surface area contributed by atoms with Gasteiger partial charge in [0.2, 0.25) is 23.7 Å². The van der Waals surface area contributed by atoms with Crippen LogP contribution in [0.1, 0.15) is 82.6 Å². The van der Waals surface area contributed by atoms with Gasteiger partial charge in [-0.25, -0.2) is 9.97 Å². The number of fused-ring (bicyclic) bond motifs is 1. The molecule has 5 aliphatic rings. The molecular formula is C48H51ClN10O6. The Morgan fingerprint density at radius 3 is 2.35 bits per heavy atom. The summed E-state index contributed by atoms with van der Waals surface area (Å²) in [7, 11) is 0. The average molecular weight is 899 g/mol. The number of amides is 5. The van der Waals surface area contributed by atoms with Crippen molar-refractivity contribution in [2.45, 2.75) is 69.7 Å². The number of nitriles is 1. The predicted octanol–water partition coefficient (Wildman–Crippen LogP) is 4.22. The lowest BCUT2D eigenvalue weighted by Crippen LogP contribution is -2.64. The predicted molar refractivity (Wildman–Crippen MR) is 241 cm³/mol. The minimum atomic E-state index is -1.05. The lowest BCUT2D eigenvalue weighted by atomic mass is 9.78. The van der Waals surface area contributed by atoms with E-state index in [0.29, 0.717) is 54.0 Å². The van der Waals surface area contributed by atoms with E-state index < -0.39 is 29.7 Å². The Labute approximate surface area is 382 Å². The van der Waals surface area contributed by atoms with E-state index in [0.717, 1.165) is 79.6 Å². The van der Waals surface area contributed by atoms with Crippen molar-refractivity contribution in [1.82, 2.24) is 34.9 Å². The van der Waals surface area contributed by atoms with Gasteiger partial charge in [0.15, 0.2) is 0 Å². The third-order valence-corrected chi connectivity index (χ3v) is 13.9. The summed E-state index contributed by atoms with van der Waals surface area (Å²) < 4.78 is 6.14. The maximum atomic E-state index is 13.4. The molecule has 5 amide bonds. The summed E-state index contributed by atoms with van der Waals surface area (Å²) in [4.78, 5) is 83.5. The summed E-state index contributed by atoms with van der Waals surface area (Å²) in [6.45, 7) is 11.3. The fourth-order valence-electron chi connectivity index (χ4n) is 9.66. The molecule has 4 saturated heterocycles. The molecule has 1 atom stereocenters. The number of rotatable bonds is 12. The molecular weight excluding hydrogens is 848 g/mol. The van der Waals surface area contributed by atoms with Gasteiger partial charge in [-0.05, 0) is 78.9 Å². The molecule has 1 aromatic heterocycles. The minimum Gasteiger partial charge on any atom is -0.487 e. The Morgan fingerprint density at radius 1 is 0.892 bits per heavy atom. The highest BCUT2D eigenvalue weighted by atomic mass is 35.5. The molecule has 16 nitrogen and oxygen atoms in total. The largest absolute Gasteiger partial charge is 0.487 e. The van der Waals surface area contributed by atoms with E-state index >= 15 is 0 Å². The fourth-order valence-corrected chi connectivity index (χ4v) is 9.90. The number of hydrogen-bond donors (Lipinski definition) is 2. The number of likely N-dealkylation sites (tertiary alicyclic amines) is 2. The first-order valence-electron chi connectivity index (χ1n) is 22.2. The number of anilines is 2. The summed E-state index contributed by atoms with van der Waals surface area (Å²) in [6, 6.07) is 22.1. The van der Waals surface area contributed by atoms with Crippen LogP contribution in [-0.2, 0) is 26.4 Å². The Kier molecular flexibility index (Phi) is 12.3. The van der Waals surface area contributed by atoms with E-state index in [1.165, 1.54) is 6.07 Å². The number of piperazine rings is 1. The van der Waals surface area contributed by atoms with Gasteiger partial charge >= 0.3 is 0 Å². The Balaban J connectivity index is 0.695. The van der Waals surface area contributed by atoms with Crippen LogP contribution in [0.25, 0.3) is 0 Å². The van der Waals surface area contributed by atoms with Crippen molar-refractivity contribution in [2.75, 3.05) is 69.1 Å². The Bertz CT molecular complexity index is 2560. The Hall–Kier alpha value is -6.41. The van der Waals surface area contributed by atoms with E-state index in [1.807, 2.05) is 47.4 Å². The number of benzene rings is 3. The zero-order valence-corrected chi connectivity index (χ0v) is 37.2. The quantitative estimate of drug-likeness (QED) is 0.193. The fraction of sp³-hybridized carbons (Fsp3) is 0.417. The number of carbonyl (C=O) groups excluding carboxylic acids is 5. The molecule has 3 aromatic carbocycles. The van der Waals surface area contributed by atoms with Gasteiger partial charge in [0.25, 0.3) is 11.8 Å². The molecule has 0 spiro atoms. The number of piperidine rings is 2. The van der Waals surface area contributed by atoms with Crippen molar-refractivity contribution >= 4 is 52.8 Å². The normalized spacial score (nSPS) is 20.0.